The molecule has 0 aliphatic carbocycles. The van der Waals surface area contributed by atoms with E-state index in [1.807, 2.05) is 4.90 Å². The number of amides is 2. The lowest BCUT2D eigenvalue weighted by atomic mass is 10.0. The molecule has 1 aromatic carbocycles. The van der Waals surface area contributed by atoms with Gasteiger partial charge < -0.3 is 16.0 Å². The summed E-state index contributed by atoms with van der Waals surface area (Å²) in [5.41, 5.74) is 6.76. The highest BCUT2D eigenvalue weighted by Crippen LogP contribution is 2.27. The van der Waals surface area contributed by atoms with Gasteiger partial charge in [-0.1, -0.05) is 18.2 Å². The van der Waals surface area contributed by atoms with Gasteiger partial charge >= 0.3 is 0 Å². The first-order valence-corrected chi connectivity index (χ1v) is 10.8. The molecule has 7 heteroatoms. The predicted octanol–water partition coefficient (Wildman–Crippen LogP) is 3.49. The molecule has 2 amide bonds. The van der Waals surface area contributed by atoms with E-state index in [2.05, 4.69) is 35.0 Å². The normalized spacial score (nSPS) is 16.6. The lowest BCUT2D eigenvalue weighted by molar-refractivity contribution is -0.135. The third-order valence-corrected chi connectivity index (χ3v) is 6.26. The number of rotatable bonds is 8. The SMILES string of the molecule is Cl.NCCC(=O)NCC1CCCCN1C(=O)CCCc1csc2ccccc12. The number of aryl methyl sites for hydroxylation is 1. The summed E-state index contributed by atoms with van der Waals surface area (Å²) in [5.74, 6) is 0.187. The van der Waals surface area contributed by atoms with Crippen LogP contribution in [0.5, 0.6) is 0 Å². The number of hydrogen-bond donors (Lipinski definition) is 2. The fraction of sp³-hybridized carbons (Fsp3) is 0.524. The van der Waals surface area contributed by atoms with Gasteiger partial charge in [0.1, 0.15) is 0 Å². The molecule has 2 aromatic rings. The Labute approximate surface area is 177 Å². The Bertz CT molecular complexity index is 780. The van der Waals surface area contributed by atoms with Crippen LogP contribution >= 0.6 is 23.7 Å². The second-order valence-corrected chi connectivity index (χ2v) is 8.10. The topological polar surface area (TPSA) is 75.4 Å². The molecule has 3 rings (SSSR count). The fourth-order valence-corrected chi connectivity index (χ4v) is 4.79. The van der Waals surface area contributed by atoms with Crippen LogP contribution in [0.25, 0.3) is 10.1 Å². The van der Waals surface area contributed by atoms with E-state index in [-0.39, 0.29) is 30.3 Å². The molecule has 0 spiro atoms. The fourth-order valence-electron chi connectivity index (χ4n) is 3.79. The van der Waals surface area contributed by atoms with Crippen LogP contribution in [0.2, 0.25) is 0 Å². The van der Waals surface area contributed by atoms with Gasteiger partial charge in [0.25, 0.3) is 0 Å². The van der Waals surface area contributed by atoms with Gasteiger partial charge in [-0.3, -0.25) is 9.59 Å². The van der Waals surface area contributed by atoms with Crippen molar-refractivity contribution in [3.05, 3.63) is 35.2 Å². The number of hydrogen-bond acceptors (Lipinski definition) is 4. The Morgan fingerprint density at radius 1 is 1.21 bits per heavy atom. The lowest BCUT2D eigenvalue weighted by Crippen LogP contribution is -2.49. The van der Waals surface area contributed by atoms with Crippen LogP contribution in [0.1, 0.15) is 44.1 Å². The molecular weight excluding hydrogens is 394 g/mol. The molecule has 1 fully saturated rings. The van der Waals surface area contributed by atoms with Gasteiger partial charge in [0.05, 0.1) is 0 Å². The maximum atomic E-state index is 12.8. The van der Waals surface area contributed by atoms with E-state index < -0.39 is 0 Å². The van der Waals surface area contributed by atoms with Crippen molar-refractivity contribution in [1.82, 2.24) is 10.2 Å². The first-order chi connectivity index (χ1) is 13.2. The molecule has 1 saturated heterocycles. The zero-order valence-electron chi connectivity index (χ0n) is 16.2. The molecule has 2 heterocycles. The zero-order chi connectivity index (χ0) is 19.1. The van der Waals surface area contributed by atoms with Crippen LogP contribution in [-0.4, -0.2) is 42.4 Å². The number of carbonyl (C=O) groups excluding carboxylic acids is 2. The second kappa shape index (κ2) is 11.4. The number of nitrogens with zero attached hydrogens (tertiary/aromatic N) is 1. The number of likely N-dealkylation sites (tertiary alicyclic amines) is 1. The molecule has 154 valence electrons. The smallest absolute Gasteiger partial charge is 0.222 e. The van der Waals surface area contributed by atoms with Crippen LogP contribution in [-0.2, 0) is 16.0 Å². The maximum absolute atomic E-state index is 12.8. The number of nitrogens with two attached hydrogens (primary N) is 1. The van der Waals surface area contributed by atoms with Crippen molar-refractivity contribution in [2.24, 2.45) is 5.73 Å². The van der Waals surface area contributed by atoms with Gasteiger partial charge in [-0.25, -0.2) is 0 Å². The Morgan fingerprint density at radius 3 is 2.86 bits per heavy atom. The van der Waals surface area contributed by atoms with Gasteiger partial charge in [0.2, 0.25) is 11.8 Å². The molecule has 0 radical (unpaired) electrons. The van der Waals surface area contributed by atoms with Crippen LogP contribution in [0.3, 0.4) is 0 Å². The predicted molar refractivity (Wildman–Crippen MR) is 118 cm³/mol. The average Bonchev–Trinajstić information content (AvgIpc) is 3.10. The van der Waals surface area contributed by atoms with Crippen molar-refractivity contribution in [2.75, 3.05) is 19.6 Å². The van der Waals surface area contributed by atoms with E-state index in [9.17, 15) is 9.59 Å². The molecule has 1 unspecified atom stereocenters. The Kier molecular flexibility index (Phi) is 9.22. The van der Waals surface area contributed by atoms with Gasteiger partial charge in [-0.05, 0) is 54.5 Å². The molecule has 0 saturated carbocycles. The Hall–Kier alpha value is -1.63. The monoisotopic (exact) mass is 423 g/mol. The standard InChI is InChI=1S/C21H29N3O2S.ClH/c22-12-11-20(25)23-14-17-7-3-4-13-24(17)21(26)10-5-6-16-15-27-19-9-2-1-8-18(16)19;/h1-2,8-9,15,17H,3-7,10-14,22H2,(H,23,25);1H. The van der Waals surface area contributed by atoms with Gasteiger partial charge in [-0.15, -0.1) is 23.7 Å². The minimum absolute atomic E-state index is 0. The van der Waals surface area contributed by atoms with E-state index in [1.54, 1.807) is 11.3 Å². The largest absolute Gasteiger partial charge is 0.354 e. The van der Waals surface area contributed by atoms with Crippen molar-refractivity contribution in [3.63, 3.8) is 0 Å². The number of benzene rings is 1. The number of piperidine rings is 1. The van der Waals surface area contributed by atoms with Gasteiger partial charge in [-0.2, -0.15) is 0 Å². The summed E-state index contributed by atoms with van der Waals surface area (Å²) >= 11 is 1.77. The third kappa shape index (κ3) is 5.93. The molecule has 1 aliphatic heterocycles. The number of nitrogens with one attached hydrogen (secondary N) is 1. The number of halogens is 1. The van der Waals surface area contributed by atoms with Crippen LogP contribution in [0, 0.1) is 0 Å². The molecule has 0 bridgehead atoms. The quantitative estimate of drug-likeness (QED) is 0.682. The summed E-state index contributed by atoms with van der Waals surface area (Å²) in [6.07, 6.45) is 5.83. The first kappa shape index (κ1) is 22.7. The first-order valence-electron chi connectivity index (χ1n) is 9.90. The number of carbonyl (C=O) groups is 2. The van der Waals surface area contributed by atoms with Gasteiger partial charge in [0, 0.05) is 43.2 Å². The maximum Gasteiger partial charge on any atom is 0.222 e. The van der Waals surface area contributed by atoms with Crippen molar-refractivity contribution in [1.29, 1.82) is 0 Å². The van der Waals surface area contributed by atoms with Crippen molar-refractivity contribution in [2.45, 2.75) is 51.0 Å². The highest BCUT2D eigenvalue weighted by atomic mass is 35.5. The third-order valence-electron chi connectivity index (χ3n) is 5.25. The Morgan fingerprint density at radius 2 is 2.04 bits per heavy atom. The lowest BCUT2D eigenvalue weighted by Gasteiger charge is -2.36. The van der Waals surface area contributed by atoms with E-state index in [0.717, 1.165) is 38.6 Å². The van der Waals surface area contributed by atoms with Crippen molar-refractivity contribution < 1.29 is 9.59 Å². The number of thiophene rings is 1. The molecular formula is C21H30ClN3O2S. The highest BCUT2D eigenvalue weighted by Gasteiger charge is 2.26. The molecule has 1 atom stereocenters. The highest BCUT2D eigenvalue weighted by molar-refractivity contribution is 7.17. The van der Waals surface area contributed by atoms with E-state index in [1.165, 1.54) is 15.6 Å². The molecule has 28 heavy (non-hydrogen) atoms. The zero-order valence-corrected chi connectivity index (χ0v) is 17.8. The van der Waals surface area contributed by atoms with Crippen LogP contribution < -0.4 is 11.1 Å². The Balaban J connectivity index is 0.00000280. The van der Waals surface area contributed by atoms with E-state index >= 15 is 0 Å². The van der Waals surface area contributed by atoms with Crippen LogP contribution in [0.4, 0.5) is 0 Å². The summed E-state index contributed by atoms with van der Waals surface area (Å²) in [6, 6.07) is 8.56. The number of fused-ring (bicyclic) bond motifs is 1. The summed E-state index contributed by atoms with van der Waals surface area (Å²) in [4.78, 5) is 26.4. The minimum Gasteiger partial charge on any atom is -0.354 e. The van der Waals surface area contributed by atoms with Crippen molar-refractivity contribution >= 4 is 45.6 Å². The second-order valence-electron chi connectivity index (χ2n) is 7.19. The van der Waals surface area contributed by atoms with Gasteiger partial charge in [0.15, 0.2) is 0 Å². The molecule has 1 aliphatic rings. The summed E-state index contributed by atoms with van der Waals surface area (Å²) in [6.45, 7) is 1.70. The average molecular weight is 424 g/mol. The summed E-state index contributed by atoms with van der Waals surface area (Å²) in [5, 5.41) is 6.45. The van der Waals surface area contributed by atoms with E-state index in [0.29, 0.717) is 25.9 Å². The molecule has 5 nitrogen and oxygen atoms in total. The minimum atomic E-state index is -0.0280. The van der Waals surface area contributed by atoms with Crippen LogP contribution in [0.15, 0.2) is 29.6 Å². The molecule has 1 aromatic heterocycles. The van der Waals surface area contributed by atoms with Crippen molar-refractivity contribution in [3.8, 4) is 0 Å². The summed E-state index contributed by atoms with van der Waals surface area (Å²) < 4.78 is 1.31. The summed E-state index contributed by atoms with van der Waals surface area (Å²) in [7, 11) is 0. The molecule has 3 N–H and O–H groups in total. The van der Waals surface area contributed by atoms with E-state index in [4.69, 9.17) is 5.73 Å².